The van der Waals surface area contributed by atoms with Gasteiger partial charge in [-0.05, 0) is 23.6 Å². The molecular formula is C12H13NO6S-2. The van der Waals surface area contributed by atoms with E-state index < -0.39 is 33.9 Å². The molecule has 1 N–H and O–H groups in total. The first kappa shape index (κ1) is 16.1. The molecule has 8 heteroatoms. The van der Waals surface area contributed by atoms with Crippen LogP contribution in [0, 0.1) is 5.92 Å². The van der Waals surface area contributed by atoms with Crippen molar-refractivity contribution in [3.05, 3.63) is 29.8 Å². The van der Waals surface area contributed by atoms with Crippen molar-refractivity contribution in [2.24, 2.45) is 5.92 Å². The first-order valence-corrected chi connectivity index (χ1v) is 7.18. The third-order valence-electron chi connectivity index (χ3n) is 2.58. The van der Waals surface area contributed by atoms with Crippen LogP contribution < -0.4 is 14.9 Å². The van der Waals surface area contributed by atoms with Gasteiger partial charge in [0.05, 0.1) is 22.9 Å². The molecule has 0 spiro atoms. The average molecular weight is 299 g/mol. The molecule has 0 heterocycles. The number of rotatable bonds is 6. The number of hydrogen-bond donors (Lipinski definition) is 1. The van der Waals surface area contributed by atoms with Gasteiger partial charge >= 0.3 is 0 Å². The van der Waals surface area contributed by atoms with Crippen LogP contribution in [0.5, 0.6) is 0 Å². The topological polar surface area (TPSA) is 126 Å². The first-order valence-electron chi connectivity index (χ1n) is 5.69. The van der Waals surface area contributed by atoms with Gasteiger partial charge in [0.2, 0.25) is 10.0 Å². The Labute approximate surface area is 116 Å². The molecular weight excluding hydrogens is 286 g/mol. The zero-order chi connectivity index (χ0) is 15.5. The molecule has 0 bridgehead atoms. The number of aromatic carboxylic acids is 1. The highest BCUT2D eigenvalue weighted by atomic mass is 32.2. The third kappa shape index (κ3) is 3.78. The number of benzene rings is 1. The van der Waals surface area contributed by atoms with Gasteiger partial charge in [0, 0.05) is 0 Å². The maximum Gasteiger partial charge on any atom is 0.241 e. The summed E-state index contributed by atoms with van der Waals surface area (Å²) >= 11 is 0. The van der Waals surface area contributed by atoms with Crippen LogP contribution in [0.3, 0.4) is 0 Å². The summed E-state index contributed by atoms with van der Waals surface area (Å²) in [6, 6.07) is 3.04. The van der Waals surface area contributed by atoms with Gasteiger partial charge in [0.15, 0.2) is 0 Å². The number of hydrogen-bond acceptors (Lipinski definition) is 6. The normalized spacial score (nSPS) is 13.2. The molecule has 0 aromatic heterocycles. The lowest BCUT2D eigenvalue weighted by atomic mass is 10.1. The van der Waals surface area contributed by atoms with Crippen LogP contribution in [-0.4, -0.2) is 26.4 Å². The minimum absolute atomic E-state index is 0.317. The summed E-state index contributed by atoms with van der Waals surface area (Å²) < 4.78 is 26.0. The predicted molar refractivity (Wildman–Crippen MR) is 64.7 cm³/mol. The summed E-state index contributed by atoms with van der Waals surface area (Å²) in [6.07, 6.45) is 0. The van der Waals surface area contributed by atoms with E-state index in [1.807, 2.05) is 4.72 Å². The van der Waals surface area contributed by atoms with Crippen molar-refractivity contribution < 1.29 is 28.2 Å². The number of sulfonamides is 1. The Hall–Kier alpha value is -1.93. The van der Waals surface area contributed by atoms with Gasteiger partial charge in [0.25, 0.3) is 0 Å². The van der Waals surface area contributed by atoms with Gasteiger partial charge < -0.3 is 19.8 Å². The molecule has 0 amide bonds. The summed E-state index contributed by atoms with van der Waals surface area (Å²) in [6.45, 7) is 3.03. The number of aliphatic carboxylic acids is 1. The van der Waals surface area contributed by atoms with Gasteiger partial charge in [-0.25, -0.2) is 13.1 Å². The molecule has 7 nitrogen and oxygen atoms in total. The number of carboxylic acids is 2. The standard InChI is InChI=1S/C12H15NO6S/c1-7(2)10(12(16)17)13-20(18,19)9-5-3-4-8(6-9)11(14)15/h3-7,10,13H,1-2H3,(H,14,15)(H,16,17)/p-2/t10-/m0/s1. The SMILES string of the molecule is CC(C)[C@H](NS(=O)(=O)c1cccc(C(=O)[O-])c1)C(=O)[O-]. The molecule has 0 unspecified atom stereocenters. The number of nitrogens with one attached hydrogen (secondary N) is 1. The van der Waals surface area contributed by atoms with Crippen molar-refractivity contribution in [3.8, 4) is 0 Å². The molecule has 0 aliphatic carbocycles. The van der Waals surface area contributed by atoms with Gasteiger partial charge in [-0.3, -0.25) is 0 Å². The lowest BCUT2D eigenvalue weighted by Gasteiger charge is -2.23. The van der Waals surface area contributed by atoms with E-state index >= 15 is 0 Å². The highest BCUT2D eigenvalue weighted by molar-refractivity contribution is 7.89. The van der Waals surface area contributed by atoms with Crippen LogP contribution in [-0.2, 0) is 14.8 Å². The maximum absolute atomic E-state index is 12.0. The Bertz CT molecular complexity index is 623. The molecule has 0 aliphatic rings. The van der Waals surface area contributed by atoms with Crippen LogP contribution >= 0.6 is 0 Å². The molecule has 1 atom stereocenters. The number of carbonyl (C=O) groups excluding carboxylic acids is 2. The van der Waals surface area contributed by atoms with Crippen LogP contribution in [0.1, 0.15) is 24.2 Å². The van der Waals surface area contributed by atoms with Gasteiger partial charge in [0.1, 0.15) is 0 Å². The number of carbonyl (C=O) groups is 2. The lowest BCUT2D eigenvalue weighted by molar-refractivity contribution is -0.309. The molecule has 0 aliphatic heterocycles. The van der Waals surface area contributed by atoms with Gasteiger partial charge in [-0.15, -0.1) is 0 Å². The molecule has 1 aromatic rings. The average Bonchev–Trinajstić information content (AvgIpc) is 2.35. The molecule has 20 heavy (non-hydrogen) atoms. The fourth-order valence-electron chi connectivity index (χ4n) is 1.48. The van der Waals surface area contributed by atoms with E-state index in [4.69, 9.17) is 0 Å². The van der Waals surface area contributed by atoms with Crippen LogP contribution in [0.2, 0.25) is 0 Å². The Morgan fingerprint density at radius 2 is 1.80 bits per heavy atom. The fraction of sp³-hybridized carbons (Fsp3) is 0.333. The second-order valence-electron chi connectivity index (χ2n) is 4.48. The van der Waals surface area contributed by atoms with E-state index in [2.05, 4.69) is 0 Å². The molecule has 1 aromatic carbocycles. The second-order valence-corrected chi connectivity index (χ2v) is 6.19. The third-order valence-corrected chi connectivity index (χ3v) is 4.02. The molecule has 1 rings (SSSR count). The van der Waals surface area contributed by atoms with Crippen molar-refractivity contribution in [3.63, 3.8) is 0 Å². The summed E-state index contributed by atoms with van der Waals surface area (Å²) in [5.41, 5.74) is -0.317. The fourth-order valence-corrected chi connectivity index (χ4v) is 2.86. The minimum Gasteiger partial charge on any atom is -0.548 e. The molecule has 110 valence electrons. The smallest absolute Gasteiger partial charge is 0.241 e. The summed E-state index contributed by atoms with van der Waals surface area (Å²) in [5, 5.41) is 21.6. The van der Waals surface area contributed by atoms with Crippen molar-refractivity contribution >= 4 is 22.0 Å². The van der Waals surface area contributed by atoms with E-state index in [0.29, 0.717) is 0 Å². The Kier molecular flexibility index (Phi) is 4.85. The maximum atomic E-state index is 12.0. The van der Waals surface area contributed by atoms with Crippen LogP contribution in [0.4, 0.5) is 0 Å². The van der Waals surface area contributed by atoms with Gasteiger partial charge in [-0.1, -0.05) is 26.0 Å². The van der Waals surface area contributed by atoms with Crippen molar-refractivity contribution in [1.82, 2.24) is 4.72 Å². The van der Waals surface area contributed by atoms with E-state index in [1.54, 1.807) is 0 Å². The second kappa shape index (κ2) is 6.02. The van der Waals surface area contributed by atoms with E-state index in [0.717, 1.165) is 12.1 Å². The highest BCUT2D eigenvalue weighted by Crippen LogP contribution is 2.13. The monoisotopic (exact) mass is 299 g/mol. The summed E-state index contributed by atoms with van der Waals surface area (Å²) in [4.78, 5) is 21.2. The van der Waals surface area contributed by atoms with Crippen molar-refractivity contribution in [2.45, 2.75) is 24.8 Å². The zero-order valence-electron chi connectivity index (χ0n) is 10.8. The van der Waals surface area contributed by atoms with Crippen LogP contribution in [0.15, 0.2) is 29.2 Å². The quantitative estimate of drug-likeness (QED) is 0.654. The van der Waals surface area contributed by atoms with Crippen molar-refractivity contribution in [1.29, 1.82) is 0 Å². The molecule has 0 saturated carbocycles. The molecule has 0 fully saturated rings. The lowest BCUT2D eigenvalue weighted by Crippen LogP contribution is -2.50. The molecule has 0 radical (unpaired) electrons. The first-order chi connectivity index (χ1) is 9.15. The predicted octanol–water partition coefficient (Wildman–Crippen LogP) is -1.90. The molecule has 0 saturated heterocycles. The Morgan fingerprint density at radius 1 is 1.20 bits per heavy atom. The minimum atomic E-state index is -4.17. The van der Waals surface area contributed by atoms with E-state index in [1.165, 1.54) is 26.0 Å². The van der Waals surface area contributed by atoms with Crippen LogP contribution in [0.25, 0.3) is 0 Å². The van der Waals surface area contributed by atoms with Crippen molar-refractivity contribution in [2.75, 3.05) is 0 Å². The Balaban J connectivity index is 3.14. The van der Waals surface area contributed by atoms with E-state index in [9.17, 15) is 28.2 Å². The van der Waals surface area contributed by atoms with Gasteiger partial charge in [-0.2, -0.15) is 0 Å². The zero-order valence-corrected chi connectivity index (χ0v) is 11.6. The summed E-state index contributed by atoms with van der Waals surface area (Å²) in [7, 11) is -4.17. The highest BCUT2D eigenvalue weighted by Gasteiger charge is 2.23. The summed E-state index contributed by atoms with van der Waals surface area (Å²) in [5.74, 6) is -3.61. The Morgan fingerprint density at radius 3 is 2.25 bits per heavy atom. The number of carboxylic acid groups (broad SMARTS) is 2. The van der Waals surface area contributed by atoms with E-state index in [-0.39, 0.29) is 10.5 Å². The largest absolute Gasteiger partial charge is 0.548 e.